The smallest absolute Gasteiger partial charge is 0.338 e. The van der Waals surface area contributed by atoms with Crippen molar-refractivity contribution < 1.29 is 9.53 Å². The van der Waals surface area contributed by atoms with Crippen molar-refractivity contribution in [3.8, 4) is 0 Å². The Hall–Kier alpha value is -2.07. The van der Waals surface area contributed by atoms with E-state index in [9.17, 15) is 4.79 Å². The number of rotatable bonds is 7. The molecular weight excluding hydrogens is 529 g/mol. The van der Waals surface area contributed by atoms with Gasteiger partial charge in [-0.1, -0.05) is 23.7 Å². The van der Waals surface area contributed by atoms with E-state index in [0.717, 1.165) is 43.4 Å². The minimum Gasteiger partial charge on any atom is -0.462 e. The third-order valence-corrected chi connectivity index (χ3v) is 5.09. The zero-order valence-electron chi connectivity index (χ0n) is 17.8. The van der Waals surface area contributed by atoms with Gasteiger partial charge in [0.2, 0.25) is 0 Å². The molecule has 1 aromatic carbocycles. The zero-order valence-corrected chi connectivity index (χ0v) is 20.9. The van der Waals surface area contributed by atoms with Crippen LogP contribution in [0.4, 0.5) is 5.82 Å². The highest BCUT2D eigenvalue weighted by atomic mass is 127. The van der Waals surface area contributed by atoms with Crippen molar-refractivity contribution in [3.63, 3.8) is 0 Å². The first-order valence-corrected chi connectivity index (χ1v) is 10.6. The monoisotopic (exact) mass is 557 g/mol. The van der Waals surface area contributed by atoms with Crippen molar-refractivity contribution in [2.24, 2.45) is 4.99 Å². The maximum Gasteiger partial charge on any atom is 0.338 e. The molecule has 0 radical (unpaired) electrons. The molecule has 1 saturated heterocycles. The number of hydrogen-bond donors (Lipinski definition) is 2. The minimum absolute atomic E-state index is 0. The highest BCUT2D eigenvalue weighted by molar-refractivity contribution is 14.0. The molecule has 0 amide bonds. The lowest BCUT2D eigenvalue weighted by molar-refractivity contribution is 0.0526. The van der Waals surface area contributed by atoms with Crippen LogP contribution < -0.4 is 15.5 Å². The van der Waals surface area contributed by atoms with Gasteiger partial charge in [0.25, 0.3) is 0 Å². The van der Waals surface area contributed by atoms with E-state index in [-0.39, 0.29) is 36.0 Å². The number of hydrogen-bond acceptors (Lipinski definition) is 5. The number of anilines is 1. The van der Waals surface area contributed by atoms with Crippen molar-refractivity contribution in [2.45, 2.75) is 32.9 Å². The third-order valence-electron chi connectivity index (χ3n) is 4.80. The molecule has 0 spiro atoms. The highest BCUT2D eigenvalue weighted by Gasteiger charge is 2.25. The number of carbonyl (C=O) groups is 1. The maximum atomic E-state index is 11.8. The van der Waals surface area contributed by atoms with E-state index in [1.165, 1.54) is 0 Å². The molecule has 3 rings (SSSR count). The fourth-order valence-electron chi connectivity index (χ4n) is 3.32. The Morgan fingerprint density at radius 2 is 2.06 bits per heavy atom. The second-order valence-electron chi connectivity index (χ2n) is 7.00. The number of nitrogens with zero attached hydrogens (tertiary/aromatic N) is 3. The number of halogens is 2. The molecule has 0 aliphatic carbocycles. The number of carbonyl (C=O) groups excluding carboxylic acids is 1. The van der Waals surface area contributed by atoms with E-state index in [0.29, 0.717) is 23.7 Å². The Morgan fingerprint density at radius 1 is 1.29 bits per heavy atom. The summed E-state index contributed by atoms with van der Waals surface area (Å²) in [4.78, 5) is 23.1. The quantitative estimate of drug-likeness (QED) is 0.233. The van der Waals surface area contributed by atoms with Crippen molar-refractivity contribution >= 4 is 53.3 Å². The Kier molecular flexibility index (Phi) is 10.3. The average Bonchev–Trinajstić information content (AvgIpc) is 3.21. The number of guanidine groups is 1. The van der Waals surface area contributed by atoms with Crippen LogP contribution in [0.2, 0.25) is 5.02 Å². The van der Waals surface area contributed by atoms with Crippen LogP contribution in [0, 0.1) is 0 Å². The average molecular weight is 558 g/mol. The van der Waals surface area contributed by atoms with Gasteiger partial charge in [-0.3, -0.25) is 0 Å². The fraction of sp³-hybridized carbons (Fsp3) is 0.409. The van der Waals surface area contributed by atoms with Crippen LogP contribution in [0.25, 0.3) is 0 Å². The second kappa shape index (κ2) is 12.7. The van der Waals surface area contributed by atoms with E-state index in [1.54, 1.807) is 25.3 Å². The number of ether oxygens (including phenoxy) is 1. The van der Waals surface area contributed by atoms with Gasteiger partial charge in [-0.25, -0.2) is 14.8 Å². The SMILES string of the molecule is CCNC(=NCc1ccc(C(=O)OCC)cc1)NC1CCN(c2ncccc2Cl)C1.I. The number of esters is 1. The van der Waals surface area contributed by atoms with Gasteiger partial charge in [-0.2, -0.15) is 0 Å². The van der Waals surface area contributed by atoms with Crippen LogP contribution in [0.5, 0.6) is 0 Å². The lowest BCUT2D eigenvalue weighted by Crippen LogP contribution is -2.44. The summed E-state index contributed by atoms with van der Waals surface area (Å²) in [6.07, 6.45) is 2.74. The number of nitrogens with one attached hydrogen (secondary N) is 2. The summed E-state index contributed by atoms with van der Waals surface area (Å²) in [6.45, 7) is 7.20. The zero-order chi connectivity index (χ0) is 21.3. The van der Waals surface area contributed by atoms with Crippen LogP contribution in [0.15, 0.2) is 47.6 Å². The van der Waals surface area contributed by atoms with E-state index in [4.69, 9.17) is 21.3 Å². The fourth-order valence-corrected chi connectivity index (χ4v) is 3.57. The van der Waals surface area contributed by atoms with Crippen LogP contribution in [0.3, 0.4) is 0 Å². The van der Waals surface area contributed by atoms with Gasteiger partial charge >= 0.3 is 5.97 Å². The molecule has 1 aliphatic heterocycles. The molecule has 1 fully saturated rings. The molecule has 9 heteroatoms. The molecule has 168 valence electrons. The second-order valence-corrected chi connectivity index (χ2v) is 7.40. The normalized spacial score (nSPS) is 15.9. The van der Waals surface area contributed by atoms with Gasteiger partial charge in [0.15, 0.2) is 5.96 Å². The molecule has 1 unspecified atom stereocenters. The van der Waals surface area contributed by atoms with Gasteiger partial charge in [0.1, 0.15) is 5.82 Å². The molecule has 2 N–H and O–H groups in total. The molecule has 0 bridgehead atoms. The Labute approximate surface area is 205 Å². The Morgan fingerprint density at radius 3 is 2.74 bits per heavy atom. The van der Waals surface area contributed by atoms with Gasteiger partial charge < -0.3 is 20.3 Å². The standard InChI is InChI=1S/C22H28ClN5O2.HI/c1-3-24-22(26-14-16-7-9-17(10-8-16)21(29)30-4-2)27-18-11-13-28(15-18)20-19(23)6-5-12-25-20;/h5-10,12,18H,3-4,11,13-15H2,1-2H3,(H2,24,26,27);1H. The first-order valence-electron chi connectivity index (χ1n) is 10.3. The molecule has 2 heterocycles. The van der Waals surface area contributed by atoms with E-state index in [2.05, 4.69) is 20.5 Å². The third kappa shape index (κ3) is 7.24. The summed E-state index contributed by atoms with van der Waals surface area (Å²) < 4.78 is 5.02. The van der Waals surface area contributed by atoms with Crippen molar-refractivity contribution in [3.05, 3.63) is 58.7 Å². The van der Waals surface area contributed by atoms with E-state index in [1.807, 2.05) is 31.2 Å². The molecule has 7 nitrogen and oxygen atoms in total. The van der Waals surface area contributed by atoms with Crippen LogP contribution >= 0.6 is 35.6 Å². The summed E-state index contributed by atoms with van der Waals surface area (Å²) >= 11 is 6.28. The molecule has 1 aromatic heterocycles. The van der Waals surface area contributed by atoms with Gasteiger partial charge in [-0.05, 0) is 50.1 Å². The van der Waals surface area contributed by atoms with Crippen LogP contribution in [-0.2, 0) is 11.3 Å². The summed E-state index contributed by atoms with van der Waals surface area (Å²) in [5.41, 5.74) is 1.57. The topological polar surface area (TPSA) is 78.8 Å². The number of aromatic nitrogens is 1. The Balaban J connectivity index is 0.00000341. The highest BCUT2D eigenvalue weighted by Crippen LogP contribution is 2.25. The Bertz CT molecular complexity index is 878. The van der Waals surface area contributed by atoms with E-state index < -0.39 is 0 Å². The summed E-state index contributed by atoms with van der Waals surface area (Å²) in [7, 11) is 0. The largest absolute Gasteiger partial charge is 0.462 e. The number of aliphatic imine (C=N–C) groups is 1. The molecule has 0 saturated carbocycles. The molecule has 2 aromatic rings. The summed E-state index contributed by atoms with van der Waals surface area (Å²) in [5.74, 6) is 1.29. The minimum atomic E-state index is -0.304. The first-order chi connectivity index (χ1) is 14.6. The maximum absolute atomic E-state index is 11.8. The van der Waals surface area contributed by atoms with Crippen molar-refractivity contribution in [1.82, 2.24) is 15.6 Å². The molecule has 1 aliphatic rings. The predicted molar refractivity (Wildman–Crippen MR) is 136 cm³/mol. The van der Waals surface area contributed by atoms with Gasteiger partial charge in [-0.15, -0.1) is 24.0 Å². The van der Waals surface area contributed by atoms with E-state index >= 15 is 0 Å². The van der Waals surface area contributed by atoms with Crippen LogP contribution in [-0.4, -0.2) is 49.2 Å². The van der Waals surface area contributed by atoms with Gasteiger partial charge in [0.05, 0.1) is 23.7 Å². The lowest BCUT2D eigenvalue weighted by Gasteiger charge is -2.20. The van der Waals surface area contributed by atoms with Gasteiger partial charge in [0, 0.05) is 31.9 Å². The lowest BCUT2D eigenvalue weighted by atomic mass is 10.1. The summed E-state index contributed by atoms with van der Waals surface area (Å²) in [5, 5.41) is 7.47. The summed E-state index contributed by atoms with van der Waals surface area (Å²) in [6, 6.07) is 11.3. The van der Waals surface area contributed by atoms with Crippen molar-refractivity contribution in [1.29, 1.82) is 0 Å². The predicted octanol–water partition coefficient (Wildman–Crippen LogP) is 3.86. The molecule has 1 atom stereocenters. The number of pyridine rings is 1. The van der Waals surface area contributed by atoms with Crippen LogP contribution in [0.1, 0.15) is 36.2 Å². The first kappa shape index (κ1) is 25.2. The van der Waals surface area contributed by atoms with Crippen molar-refractivity contribution in [2.75, 3.05) is 31.1 Å². The molecular formula is C22H29ClIN5O2. The number of benzene rings is 1. The molecule has 31 heavy (non-hydrogen) atoms.